The van der Waals surface area contributed by atoms with Crippen molar-refractivity contribution in [2.24, 2.45) is 0 Å². The molecule has 1 aromatic carbocycles. The number of anilines is 1. The van der Waals surface area contributed by atoms with Crippen molar-refractivity contribution in [1.29, 1.82) is 0 Å². The van der Waals surface area contributed by atoms with Crippen molar-refractivity contribution in [1.82, 2.24) is 10.2 Å². The van der Waals surface area contributed by atoms with E-state index in [1.54, 1.807) is 22.9 Å². The first-order chi connectivity index (χ1) is 10.6. The predicted molar refractivity (Wildman–Crippen MR) is 81.4 cm³/mol. The number of carbonyl (C=O) groups is 2. The summed E-state index contributed by atoms with van der Waals surface area (Å²) >= 11 is 0. The lowest BCUT2D eigenvalue weighted by molar-refractivity contribution is -0.117. The molecule has 3 rings (SSSR count). The van der Waals surface area contributed by atoms with E-state index in [-0.39, 0.29) is 23.4 Å². The zero-order chi connectivity index (χ0) is 15.7. The molecule has 118 valence electrons. The molecule has 1 aromatic rings. The highest BCUT2D eigenvalue weighted by Crippen LogP contribution is 2.25. The number of benzene rings is 1. The van der Waals surface area contributed by atoms with E-state index in [0.717, 1.165) is 25.9 Å². The van der Waals surface area contributed by atoms with E-state index in [2.05, 4.69) is 5.32 Å². The molecule has 2 saturated heterocycles. The minimum atomic E-state index is -0.543. The summed E-state index contributed by atoms with van der Waals surface area (Å²) in [7, 11) is 1.70. The van der Waals surface area contributed by atoms with Gasteiger partial charge < -0.3 is 15.1 Å². The molecule has 0 unspecified atom stereocenters. The molecule has 0 radical (unpaired) electrons. The van der Waals surface area contributed by atoms with Crippen molar-refractivity contribution >= 4 is 17.5 Å². The fourth-order valence-corrected chi connectivity index (χ4v) is 3.09. The van der Waals surface area contributed by atoms with Gasteiger partial charge in [-0.1, -0.05) is 0 Å². The first-order valence-corrected chi connectivity index (χ1v) is 7.65. The molecule has 6 heteroatoms. The number of carbonyl (C=O) groups excluding carboxylic acids is 2. The first-order valence-electron chi connectivity index (χ1n) is 7.65. The summed E-state index contributed by atoms with van der Waals surface area (Å²) in [6.45, 7) is 2.22. The molecule has 1 atom stereocenters. The second-order valence-corrected chi connectivity index (χ2v) is 5.88. The standard InChI is InChI=1S/C16H20FN3O2/c1-19(12-6-7-18-10-12)16(22)13-9-11(4-5-14(13)17)20-8-2-3-15(20)21/h4-5,9,12,18H,2-3,6-8,10H2,1H3/t12-/m0/s1. The predicted octanol–water partition coefficient (Wildman–Crippen LogP) is 1.39. The van der Waals surface area contributed by atoms with Gasteiger partial charge in [-0.05, 0) is 37.6 Å². The van der Waals surface area contributed by atoms with Crippen LogP contribution in [0, 0.1) is 5.82 Å². The van der Waals surface area contributed by atoms with Gasteiger partial charge in [0.25, 0.3) is 5.91 Å². The Morgan fingerprint density at radius 3 is 2.91 bits per heavy atom. The third-order valence-electron chi connectivity index (χ3n) is 4.47. The third-order valence-corrected chi connectivity index (χ3v) is 4.47. The smallest absolute Gasteiger partial charge is 0.256 e. The van der Waals surface area contributed by atoms with Gasteiger partial charge in [-0.15, -0.1) is 0 Å². The summed E-state index contributed by atoms with van der Waals surface area (Å²) in [5.41, 5.74) is 0.636. The fourth-order valence-electron chi connectivity index (χ4n) is 3.09. The second-order valence-electron chi connectivity index (χ2n) is 5.88. The summed E-state index contributed by atoms with van der Waals surface area (Å²) in [5, 5.41) is 3.20. The van der Waals surface area contributed by atoms with Crippen LogP contribution in [0.2, 0.25) is 0 Å². The van der Waals surface area contributed by atoms with Crippen LogP contribution in [0.4, 0.5) is 10.1 Å². The summed E-state index contributed by atoms with van der Waals surface area (Å²) in [6.07, 6.45) is 2.18. The van der Waals surface area contributed by atoms with E-state index in [1.165, 1.54) is 12.1 Å². The molecular weight excluding hydrogens is 285 g/mol. The van der Waals surface area contributed by atoms with Crippen LogP contribution in [0.3, 0.4) is 0 Å². The van der Waals surface area contributed by atoms with Gasteiger partial charge >= 0.3 is 0 Å². The van der Waals surface area contributed by atoms with E-state index in [9.17, 15) is 14.0 Å². The highest BCUT2D eigenvalue weighted by atomic mass is 19.1. The lowest BCUT2D eigenvalue weighted by atomic mass is 10.1. The fraction of sp³-hybridized carbons (Fsp3) is 0.500. The zero-order valence-electron chi connectivity index (χ0n) is 12.6. The largest absolute Gasteiger partial charge is 0.337 e. The number of halogens is 1. The number of hydrogen-bond donors (Lipinski definition) is 1. The Morgan fingerprint density at radius 2 is 2.27 bits per heavy atom. The van der Waals surface area contributed by atoms with Crippen LogP contribution in [0.15, 0.2) is 18.2 Å². The van der Waals surface area contributed by atoms with E-state index in [0.29, 0.717) is 18.7 Å². The Bertz CT molecular complexity index is 599. The van der Waals surface area contributed by atoms with Crippen molar-refractivity contribution in [3.05, 3.63) is 29.6 Å². The van der Waals surface area contributed by atoms with Gasteiger partial charge in [-0.2, -0.15) is 0 Å². The van der Waals surface area contributed by atoms with Crippen molar-refractivity contribution in [3.63, 3.8) is 0 Å². The molecular formula is C16H20FN3O2. The summed E-state index contributed by atoms with van der Waals surface area (Å²) in [5.74, 6) is -0.851. The van der Waals surface area contributed by atoms with E-state index < -0.39 is 5.82 Å². The summed E-state index contributed by atoms with van der Waals surface area (Å²) < 4.78 is 14.1. The van der Waals surface area contributed by atoms with Crippen LogP contribution in [0.25, 0.3) is 0 Å². The molecule has 2 fully saturated rings. The average Bonchev–Trinajstić information content (AvgIpc) is 3.18. The number of nitrogens with one attached hydrogen (secondary N) is 1. The van der Waals surface area contributed by atoms with Crippen LogP contribution < -0.4 is 10.2 Å². The quantitative estimate of drug-likeness (QED) is 0.918. The Kier molecular flexibility index (Phi) is 4.11. The Hall–Kier alpha value is -1.95. The van der Waals surface area contributed by atoms with Crippen LogP contribution >= 0.6 is 0 Å². The Morgan fingerprint density at radius 1 is 1.45 bits per heavy atom. The van der Waals surface area contributed by atoms with Crippen LogP contribution in [0.5, 0.6) is 0 Å². The van der Waals surface area contributed by atoms with Gasteiger partial charge in [0, 0.05) is 38.3 Å². The van der Waals surface area contributed by atoms with Crippen LogP contribution in [0.1, 0.15) is 29.6 Å². The second kappa shape index (κ2) is 6.04. The van der Waals surface area contributed by atoms with E-state index in [4.69, 9.17) is 0 Å². The minimum absolute atomic E-state index is 0.0263. The number of likely N-dealkylation sites (N-methyl/N-ethyl adjacent to an activating group) is 1. The molecule has 0 aliphatic carbocycles. The van der Waals surface area contributed by atoms with E-state index >= 15 is 0 Å². The average molecular weight is 305 g/mol. The monoisotopic (exact) mass is 305 g/mol. The van der Waals surface area contributed by atoms with Crippen molar-refractivity contribution in [3.8, 4) is 0 Å². The number of rotatable bonds is 3. The molecule has 0 bridgehead atoms. The van der Waals surface area contributed by atoms with Crippen molar-refractivity contribution in [2.45, 2.75) is 25.3 Å². The molecule has 2 amide bonds. The maximum atomic E-state index is 14.1. The normalized spacial score (nSPS) is 21.5. The molecule has 2 aliphatic heterocycles. The maximum absolute atomic E-state index is 14.1. The molecule has 2 aliphatic rings. The van der Waals surface area contributed by atoms with Gasteiger partial charge in [0.1, 0.15) is 5.82 Å². The van der Waals surface area contributed by atoms with Crippen LogP contribution in [-0.4, -0.2) is 49.4 Å². The van der Waals surface area contributed by atoms with Crippen molar-refractivity contribution < 1.29 is 14.0 Å². The zero-order valence-corrected chi connectivity index (χ0v) is 12.6. The topological polar surface area (TPSA) is 52.7 Å². The van der Waals surface area contributed by atoms with Gasteiger partial charge in [0.15, 0.2) is 0 Å². The number of hydrogen-bond acceptors (Lipinski definition) is 3. The molecule has 1 N–H and O–H groups in total. The van der Waals surface area contributed by atoms with Gasteiger partial charge in [0.05, 0.1) is 5.56 Å². The van der Waals surface area contributed by atoms with Crippen molar-refractivity contribution in [2.75, 3.05) is 31.6 Å². The highest BCUT2D eigenvalue weighted by molar-refractivity contribution is 5.99. The molecule has 0 saturated carbocycles. The summed E-state index contributed by atoms with van der Waals surface area (Å²) in [4.78, 5) is 27.6. The van der Waals surface area contributed by atoms with E-state index in [1.807, 2.05) is 0 Å². The van der Waals surface area contributed by atoms with Gasteiger partial charge in [-0.25, -0.2) is 4.39 Å². The first kappa shape index (κ1) is 15.0. The SMILES string of the molecule is CN(C(=O)c1cc(N2CCCC2=O)ccc1F)[C@H]1CCNC1. The molecule has 0 aromatic heterocycles. The molecule has 22 heavy (non-hydrogen) atoms. The van der Waals surface area contributed by atoms with Gasteiger partial charge in [-0.3, -0.25) is 9.59 Å². The maximum Gasteiger partial charge on any atom is 0.256 e. The molecule has 2 heterocycles. The number of nitrogens with zero attached hydrogens (tertiary/aromatic N) is 2. The lowest BCUT2D eigenvalue weighted by Gasteiger charge is -2.25. The van der Waals surface area contributed by atoms with Gasteiger partial charge in [0.2, 0.25) is 5.91 Å². The minimum Gasteiger partial charge on any atom is -0.337 e. The Labute approximate surface area is 129 Å². The lowest BCUT2D eigenvalue weighted by Crippen LogP contribution is -2.38. The number of amides is 2. The van der Waals surface area contributed by atoms with Crippen LogP contribution in [-0.2, 0) is 4.79 Å². The third kappa shape index (κ3) is 2.70. The molecule has 0 spiro atoms. The Balaban J connectivity index is 1.85. The summed E-state index contributed by atoms with van der Waals surface area (Å²) in [6, 6.07) is 4.42. The molecule has 5 nitrogen and oxygen atoms in total. The highest BCUT2D eigenvalue weighted by Gasteiger charge is 2.28.